The Labute approximate surface area is 187 Å². The maximum Gasteiger partial charge on any atom is 0.387 e. The molecule has 0 atom stereocenters. The van der Waals surface area contributed by atoms with E-state index in [0.29, 0.717) is 16.3 Å². The number of rotatable bonds is 8. The smallest absolute Gasteiger partial charge is 0.387 e. The predicted octanol–water partition coefficient (Wildman–Crippen LogP) is 5.81. The number of ether oxygens (including phenoxy) is 3. The summed E-state index contributed by atoms with van der Waals surface area (Å²) in [5, 5.41) is 3.24. The third-order valence-electron chi connectivity index (χ3n) is 4.12. The van der Waals surface area contributed by atoms with E-state index >= 15 is 0 Å². The summed E-state index contributed by atoms with van der Waals surface area (Å²) >= 11 is 5.82. The molecule has 3 aromatic rings. The van der Waals surface area contributed by atoms with E-state index in [2.05, 4.69) is 10.1 Å². The van der Waals surface area contributed by atoms with Gasteiger partial charge in [-0.2, -0.15) is 8.78 Å². The molecular formula is C23H18ClF2NO5. The molecule has 0 spiro atoms. The zero-order valence-electron chi connectivity index (χ0n) is 16.8. The highest BCUT2D eigenvalue weighted by Crippen LogP contribution is 2.30. The number of hydrogen-bond acceptors (Lipinski definition) is 5. The lowest BCUT2D eigenvalue weighted by molar-refractivity contribution is -0.0514. The Morgan fingerprint density at radius 2 is 1.59 bits per heavy atom. The summed E-state index contributed by atoms with van der Waals surface area (Å²) < 4.78 is 40.0. The van der Waals surface area contributed by atoms with Gasteiger partial charge in [-0.25, -0.2) is 4.79 Å². The summed E-state index contributed by atoms with van der Waals surface area (Å²) in [6.07, 6.45) is 0. The number of nitrogens with one attached hydrogen (secondary N) is 1. The average molecular weight is 462 g/mol. The van der Waals surface area contributed by atoms with Gasteiger partial charge in [0.15, 0.2) is 11.5 Å². The SMILES string of the molecule is CCOc1cc(C(=O)Oc2ccc(NC(=O)c3ccc(Cl)cc3)cc2)ccc1OC(F)F. The molecule has 1 amide bonds. The van der Waals surface area contributed by atoms with Crippen molar-refractivity contribution in [2.24, 2.45) is 0 Å². The van der Waals surface area contributed by atoms with E-state index in [1.165, 1.54) is 30.3 Å². The Balaban J connectivity index is 1.65. The Morgan fingerprint density at radius 1 is 0.938 bits per heavy atom. The van der Waals surface area contributed by atoms with Crippen molar-refractivity contribution in [1.82, 2.24) is 0 Å². The van der Waals surface area contributed by atoms with Crippen molar-refractivity contribution in [2.75, 3.05) is 11.9 Å². The van der Waals surface area contributed by atoms with E-state index in [0.717, 1.165) is 0 Å². The minimum absolute atomic E-state index is 0.00232. The van der Waals surface area contributed by atoms with E-state index in [4.69, 9.17) is 21.1 Å². The molecule has 0 aromatic heterocycles. The maximum absolute atomic E-state index is 12.5. The first-order valence-corrected chi connectivity index (χ1v) is 9.84. The molecule has 0 fully saturated rings. The van der Waals surface area contributed by atoms with Gasteiger partial charge < -0.3 is 19.5 Å². The van der Waals surface area contributed by atoms with Crippen LogP contribution < -0.4 is 19.5 Å². The molecule has 0 radical (unpaired) electrons. The van der Waals surface area contributed by atoms with Crippen LogP contribution in [-0.4, -0.2) is 25.1 Å². The number of amides is 1. The zero-order valence-corrected chi connectivity index (χ0v) is 17.6. The van der Waals surface area contributed by atoms with Crippen molar-refractivity contribution in [1.29, 1.82) is 0 Å². The number of benzene rings is 3. The first-order chi connectivity index (χ1) is 15.4. The number of carbonyl (C=O) groups is 2. The highest BCUT2D eigenvalue weighted by atomic mass is 35.5. The average Bonchev–Trinajstić information content (AvgIpc) is 2.76. The lowest BCUT2D eigenvalue weighted by Crippen LogP contribution is -2.12. The van der Waals surface area contributed by atoms with Crippen molar-refractivity contribution < 1.29 is 32.6 Å². The van der Waals surface area contributed by atoms with Crippen LogP contribution in [0.5, 0.6) is 17.2 Å². The van der Waals surface area contributed by atoms with Gasteiger partial charge in [0.2, 0.25) is 0 Å². The third-order valence-corrected chi connectivity index (χ3v) is 4.38. The molecule has 0 heterocycles. The molecule has 3 aromatic carbocycles. The van der Waals surface area contributed by atoms with Gasteiger partial charge in [0.25, 0.3) is 5.91 Å². The van der Waals surface area contributed by atoms with Crippen molar-refractivity contribution >= 4 is 29.2 Å². The molecule has 0 saturated carbocycles. The van der Waals surface area contributed by atoms with Crippen LogP contribution in [0.3, 0.4) is 0 Å². The van der Waals surface area contributed by atoms with Crippen LogP contribution in [0.1, 0.15) is 27.6 Å². The van der Waals surface area contributed by atoms with Gasteiger partial charge in [-0.1, -0.05) is 11.6 Å². The number of hydrogen-bond donors (Lipinski definition) is 1. The molecule has 0 aliphatic rings. The lowest BCUT2D eigenvalue weighted by Gasteiger charge is -2.12. The van der Waals surface area contributed by atoms with Crippen LogP contribution in [-0.2, 0) is 0 Å². The molecular weight excluding hydrogens is 444 g/mol. The van der Waals surface area contributed by atoms with Crippen LogP contribution >= 0.6 is 11.6 Å². The van der Waals surface area contributed by atoms with Gasteiger partial charge in [-0.3, -0.25) is 4.79 Å². The predicted molar refractivity (Wildman–Crippen MR) is 115 cm³/mol. The molecule has 3 rings (SSSR count). The van der Waals surface area contributed by atoms with E-state index in [-0.39, 0.29) is 35.3 Å². The van der Waals surface area contributed by atoms with Crippen molar-refractivity contribution in [3.05, 3.63) is 82.9 Å². The first kappa shape index (κ1) is 23.0. The number of carbonyl (C=O) groups excluding carboxylic acids is 2. The first-order valence-electron chi connectivity index (χ1n) is 9.46. The van der Waals surface area contributed by atoms with Crippen molar-refractivity contribution in [3.63, 3.8) is 0 Å². The number of alkyl halides is 2. The lowest BCUT2D eigenvalue weighted by atomic mass is 10.2. The fraction of sp³-hybridized carbons (Fsp3) is 0.130. The quantitative estimate of drug-likeness (QED) is 0.338. The molecule has 0 aliphatic heterocycles. The van der Waals surface area contributed by atoms with Gasteiger partial charge in [0, 0.05) is 16.3 Å². The molecule has 9 heteroatoms. The van der Waals surface area contributed by atoms with Gasteiger partial charge in [-0.05, 0) is 73.7 Å². The summed E-state index contributed by atoms with van der Waals surface area (Å²) in [5.41, 5.74) is 1.03. The second kappa shape index (κ2) is 10.6. The van der Waals surface area contributed by atoms with E-state index in [9.17, 15) is 18.4 Å². The van der Waals surface area contributed by atoms with Gasteiger partial charge in [-0.15, -0.1) is 0 Å². The molecule has 0 aliphatic carbocycles. The zero-order chi connectivity index (χ0) is 23.1. The van der Waals surface area contributed by atoms with Crippen molar-refractivity contribution in [2.45, 2.75) is 13.5 Å². The number of esters is 1. The minimum atomic E-state index is -3.02. The molecule has 32 heavy (non-hydrogen) atoms. The highest BCUT2D eigenvalue weighted by Gasteiger charge is 2.16. The summed E-state index contributed by atoms with van der Waals surface area (Å²) in [6.45, 7) is -1.16. The third kappa shape index (κ3) is 6.18. The molecule has 0 saturated heterocycles. The summed E-state index contributed by atoms with van der Waals surface area (Å²) in [5.74, 6) is -0.986. The van der Waals surface area contributed by atoms with E-state index in [1.807, 2.05) is 0 Å². The molecule has 1 N–H and O–H groups in total. The molecule has 0 bridgehead atoms. The van der Waals surface area contributed by atoms with Gasteiger partial charge in [0.05, 0.1) is 12.2 Å². The maximum atomic E-state index is 12.5. The summed E-state index contributed by atoms with van der Waals surface area (Å²) in [4.78, 5) is 24.7. The minimum Gasteiger partial charge on any atom is -0.490 e. The number of anilines is 1. The second-order valence-corrected chi connectivity index (χ2v) is 6.78. The Bertz CT molecular complexity index is 1090. The molecule has 166 valence electrons. The van der Waals surface area contributed by atoms with Gasteiger partial charge >= 0.3 is 12.6 Å². The van der Waals surface area contributed by atoms with Crippen molar-refractivity contribution in [3.8, 4) is 17.2 Å². The molecule has 6 nitrogen and oxygen atoms in total. The van der Waals surface area contributed by atoms with Gasteiger partial charge in [0.1, 0.15) is 5.75 Å². The summed E-state index contributed by atoms with van der Waals surface area (Å²) in [7, 11) is 0. The normalized spacial score (nSPS) is 10.5. The van der Waals surface area contributed by atoms with E-state index in [1.54, 1.807) is 43.3 Å². The monoisotopic (exact) mass is 461 g/mol. The fourth-order valence-electron chi connectivity index (χ4n) is 2.67. The largest absolute Gasteiger partial charge is 0.490 e. The van der Waals surface area contributed by atoms with Crippen LogP contribution in [0.2, 0.25) is 5.02 Å². The number of halogens is 3. The summed E-state index contributed by atoms with van der Waals surface area (Å²) in [6, 6.07) is 16.4. The van der Waals surface area contributed by atoms with Crippen LogP contribution in [0.15, 0.2) is 66.7 Å². The van der Waals surface area contributed by atoms with Crippen LogP contribution in [0, 0.1) is 0 Å². The van der Waals surface area contributed by atoms with Crippen LogP contribution in [0.4, 0.5) is 14.5 Å². The Morgan fingerprint density at radius 3 is 2.22 bits per heavy atom. The topological polar surface area (TPSA) is 73.9 Å². The second-order valence-electron chi connectivity index (χ2n) is 6.35. The standard InChI is InChI=1S/C23H18ClF2NO5/c1-2-30-20-13-15(5-12-19(20)32-23(25)26)22(29)31-18-10-8-17(9-11-18)27-21(28)14-3-6-16(24)7-4-14/h3-13,23H,2H2,1H3,(H,27,28). The Kier molecular flexibility index (Phi) is 7.62. The van der Waals surface area contributed by atoms with E-state index < -0.39 is 12.6 Å². The fourth-order valence-corrected chi connectivity index (χ4v) is 2.80. The Hall–Kier alpha value is -3.65. The van der Waals surface area contributed by atoms with Crippen LogP contribution in [0.25, 0.3) is 0 Å². The molecule has 0 unspecified atom stereocenters. The highest BCUT2D eigenvalue weighted by molar-refractivity contribution is 6.30.